The van der Waals surface area contributed by atoms with Gasteiger partial charge in [0.15, 0.2) is 11.5 Å². The third-order valence-corrected chi connectivity index (χ3v) is 3.66. The summed E-state index contributed by atoms with van der Waals surface area (Å²) in [6.45, 7) is 1.85. The number of hydrogen-bond donors (Lipinski definition) is 2. The Kier molecular flexibility index (Phi) is 5.87. The van der Waals surface area contributed by atoms with Crippen molar-refractivity contribution in [3.05, 3.63) is 34.5 Å². The van der Waals surface area contributed by atoms with Crippen molar-refractivity contribution in [3.8, 4) is 23.8 Å². The van der Waals surface area contributed by atoms with E-state index in [4.69, 9.17) is 15.9 Å². The molecular weight excluding hydrogens is 330 g/mol. The second kappa shape index (κ2) is 8.08. The minimum absolute atomic E-state index is 0.0772. The zero-order chi connectivity index (χ0) is 17.5. The topological polar surface area (TPSA) is 97.3 Å². The first-order chi connectivity index (χ1) is 11.5. The first kappa shape index (κ1) is 17.4. The molecular formula is C16H15N3O4S. The number of terminal acetylenes is 1. The molecule has 2 N–H and O–H groups in total. The lowest BCUT2D eigenvalue weighted by Crippen LogP contribution is -1.99. The van der Waals surface area contributed by atoms with E-state index >= 15 is 0 Å². The molecule has 0 aliphatic heterocycles. The number of nitrogens with one attached hydrogen (secondary N) is 1. The Balaban J connectivity index is 2.28. The molecule has 0 aliphatic rings. The zero-order valence-electron chi connectivity index (χ0n) is 13.1. The van der Waals surface area contributed by atoms with Gasteiger partial charge in [0, 0.05) is 0 Å². The molecule has 0 unspecified atom stereocenters. The number of benzene rings is 1. The quantitative estimate of drug-likeness (QED) is 0.451. The Labute approximate surface area is 143 Å². The van der Waals surface area contributed by atoms with Crippen LogP contribution in [0.2, 0.25) is 0 Å². The minimum atomic E-state index is -1.07. The molecule has 24 heavy (non-hydrogen) atoms. The van der Waals surface area contributed by atoms with Crippen molar-refractivity contribution in [1.82, 2.24) is 15.2 Å². The lowest BCUT2D eigenvalue weighted by atomic mass is 10.2. The smallest absolute Gasteiger partial charge is 0.342 e. The number of ether oxygens (including phenoxy) is 2. The average Bonchev–Trinajstić information content (AvgIpc) is 2.97. The van der Waals surface area contributed by atoms with Gasteiger partial charge in [-0.05, 0) is 42.5 Å². The maximum Gasteiger partial charge on any atom is 0.342 e. The van der Waals surface area contributed by atoms with E-state index in [1.165, 1.54) is 13.2 Å². The van der Waals surface area contributed by atoms with E-state index in [0.717, 1.165) is 11.8 Å². The van der Waals surface area contributed by atoms with Crippen molar-refractivity contribution in [1.29, 1.82) is 0 Å². The van der Waals surface area contributed by atoms with Gasteiger partial charge in [0.25, 0.3) is 0 Å². The van der Waals surface area contributed by atoms with Crippen molar-refractivity contribution in [2.75, 3.05) is 13.7 Å². The number of carboxylic acid groups (broad SMARTS) is 1. The summed E-state index contributed by atoms with van der Waals surface area (Å²) in [5, 5.41) is 16.3. The van der Waals surface area contributed by atoms with E-state index in [1.807, 2.05) is 0 Å². The third kappa shape index (κ3) is 4.54. The number of thioether (sulfide) groups is 1. The maximum atomic E-state index is 11.4. The Morgan fingerprint density at radius 3 is 2.88 bits per heavy atom. The standard InChI is InChI=1S/C16H15N3O4S/c1-4-7-23-12-6-5-11(8-13(12)22-3)9-14(15(20)21)24-16-17-10(2)18-19-16/h1,5-6,8-9H,7H2,2-3H3,(H,20,21)(H,17,18,19)/b14-9-. The van der Waals surface area contributed by atoms with Gasteiger partial charge < -0.3 is 14.6 Å². The van der Waals surface area contributed by atoms with Crippen LogP contribution in [-0.4, -0.2) is 40.0 Å². The molecule has 0 amide bonds. The third-order valence-electron chi connectivity index (χ3n) is 2.79. The number of H-pyrrole nitrogens is 1. The van der Waals surface area contributed by atoms with Gasteiger partial charge in [-0.1, -0.05) is 12.0 Å². The van der Waals surface area contributed by atoms with Gasteiger partial charge in [-0.2, -0.15) is 0 Å². The van der Waals surface area contributed by atoms with Gasteiger partial charge in [0.05, 0.1) is 7.11 Å². The summed E-state index contributed by atoms with van der Waals surface area (Å²) >= 11 is 0.954. The summed E-state index contributed by atoms with van der Waals surface area (Å²) in [4.78, 5) is 15.6. The molecule has 0 saturated carbocycles. The molecule has 0 atom stereocenters. The fraction of sp³-hybridized carbons (Fsp3) is 0.188. The molecule has 2 rings (SSSR count). The monoisotopic (exact) mass is 345 g/mol. The summed E-state index contributed by atoms with van der Waals surface area (Å²) < 4.78 is 10.6. The summed E-state index contributed by atoms with van der Waals surface area (Å²) in [5.74, 6) is 2.85. The molecule has 8 heteroatoms. The van der Waals surface area contributed by atoms with E-state index < -0.39 is 5.97 Å². The number of aliphatic carboxylic acids is 1. The van der Waals surface area contributed by atoms with Crippen molar-refractivity contribution in [2.45, 2.75) is 12.1 Å². The number of methoxy groups -OCH3 is 1. The second-order valence-electron chi connectivity index (χ2n) is 4.52. The van der Waals surface area contributed by atoms with Gasteiger partial charge in [-0.3, -0.25) is 5.10 Å². The van der Waals surface area contributed by atoms with Crippen LogP contribution in [-0.2, 0) is 4.79 Å². The highest BCUT2D eigenvalue weighted by Gasteiger charge is 2.14. The summed E-state index contributed by atoms with van der Waals surface area (Å²) in [7, 11) is 1.49. The molecule has 124 valence electrons. The van der Waals surface area contributed by atoms with E-state index in [9.17, 15) is 9.90 Å². The number of carbonyl (C=O) groups is 1. The molecule has 0 aliphatic carbocycles. The summed E-state index contributed by atoms with van der Waals surface area (Å²) in [5.41, 5.74) is 0.636. The van der Waals surface area contributed by atoms with Crippen LogP contribution >= 0.6 is 11.8 Å². The normalized spacial score (nSPS) is 11.0. The molecule has 2 aromatic rings. The van der Waals surface area contributed by atoms with Crippen LogP contribution in [0.4, 0.5) is 0 Å². The number of aromatic nitrogens is 3. The number of carboxylic acids is 1. The van der Waals surface area contributed by atoms with Crippen LogP contribution in [0.25, 0.3) is 6.08 Å². The molecule has 7 nitrogen and oxygen atoms in total. The van der Waals surface area contributed by atoms with E-state index in [2.05, 4.69) is 21.1 Å². The van der Waals surface area contributed by atoms with E-state index in [-0.39, 0.29) is 11.5 Å². The molecule has 0 radical (unpaired) electrons. The predicted molar refractivity (Wildman–Crippen MR) is 89.9 cm³/mol. The van der Waals surface area contributed by atoms with Crippen LogP contribution in [0.1, 0.15) is 11.4 Å². The first-order valence-electron chi connectivity index (χ1n) is 6.79. The average molecular weight is 345 g/mol. The van der Waals surface area contributed by atoms with Crippen LogP contribution < -0.4 is 9.47 Å². The van der Waals surface area contributed by atoms with Crippen LogP contribution in [0.3, 0.4) is 0 Å². The molecule has 1 aromatic carbocycles. The molecule has 1 aromatic heterocycles. The van der Waals surface area contributed by atoms with Crippen molar-refractivity contribution in [2.24, 2.45) is 0 Å². The van der Waals surface area contributed by atoms with Gasteiger partial charge in [-0.25, -0.2) is 9.78 Å². The van der Waals surface area contributed by atoms with E-state index in [0.29, 0.717) is 28.0 Å². The molecule has 1 heterocycles. The lowest BCUT2D eigenvalue weighted by molar-refractivity contribution is -0.131. The molecule has 0 spiro atoms. The van der Waals surface area contributed by atoms with Gasteiger partial charge in [0.1, 0.15) is 17.3 Å². The summed E-state index contributed by atoms with van der Waals surface area (Å²) in [6.07, 6.45) is 6.67. The molecule has 0 fully saturated rings. The van der Waals surface area contributed by atoms with Gasteiger partial charge >= 0.3 is 5.97 Å². The number of nitrogens with zero attached hydrogens (tertiary/aromatic N) is 2. The largest absolute Gasteiger partial charge is 0.493 e. The number of hydrogen-bond acceptors (Lipinski definition) is 6. The van der Waals surface area contributed by atoms with Gasteiger partial charge in [-0.15, -0.1) is 11.5 Å². The SMILES string of the molecule is C#CCOc1ccc(/C=C(\Sc2n[nH]c(C)n2)C(=O)O)cc1OC. The highest BCUT2D eigenvalue weighted by Crippen LogP contribution is 2.31. The number of aromatic amines is 1. The van der Waals surface area contributed by atoms with Gasteiger partial charge in [0.2, 0.25) is 5.16 Å². The fourth-order valence-electron chi connectivity index (χ4n) is 1.77. The highest BCUT2D eigenvalue weighted by atomic mass is 32.2. The van der Waals surface area contributed by atoms with Crippen LogP contribution in [0, 0.1) is 19.3 Å². The molecule has 0 bridgehead atoms. The van der Waals surface area contributed by atoms with Crippen molar-refractivity contribution < 1.29 is 19.4 Å². The Hall–Kier alpha value is -2.92. The summed E-state index contributed by atoms with van der Waals surface area (Å²) in [6, 6.07) is 5.04. The highest BCUT2D eigenvalue weighted by molar-refractivity contribution is 8.04. The first-order valence-corrected chi connectivity index (χ1v) is 7.61. The Morgan fingerprint density at radius 1 is 1.50 bits per heavy atom. The Morgan fingerprint density at radius 2 is 2.29 bits per heavy atom. The van der Waals surface area contributed by atoms with Crippen molar-refractivity contribution >= 4 is 23.8 Å². The number of aryl methyl sites for hydroxylation is 1. The predicted octanol–water partition coefficient (Wildman–Crippen LogP) is 2.35. The van der Waals surface area contributed by atoms with Crippen LogP contribution in [0.15, 0.2) is 28.3 Å². The zero-order valence-corrected chi connectivity index (χ0v) is 13.9. The fourth-order valence-corrected chi connectivity index (χ4v) is 2.52. The van der Waals surface area contributed by atoms with E-state index in [1.54, 1.807) is 25.1 Å². The van der Waals surface area contributed by atoms with Crippen LogP contribution in [0.5, 0.6) is 11.5 Å². The number of rotatable bonds is 7. The Bertz CT molecular complexity index is 808. The molecule has 0 saturated heterocycles. The van der Waals surface area contributed by atoms with Crippen molar-refractivity contribution in [3.63, 3.8) is 0 Å². The second-order valence-corrected chi connectivity index (χ2v) is 5.53. The lowest BCUT2D eigenvalue weighted by Gasteiger charge is -2.09. The minimum Gasteiger partial charge on any atom is -0.493 e. The maximum absolute atomic E-state index is 11.4.